The van der Waals surface area contributed by atoms with Crippen molar-refractivity contribution in [3.63, 3.8) is 0 Å². The van der Waals surface area contributed by atoms with E-state index in [-0.39, 0.29) is 11.4 Å². The van der Waals surface area contributed by atoms with Crippen molar-refractivity contribution >= 4 is 21.8 Å². The molecule has 1 aromatic carbocycles. The fourth-order valence-electron chi connectivity index (χ4n) is 2.79. The maximum atomic E-state index is 12.2. The average Bonchev–Trinajstić information content (AvgIpc) is 2.49. The molecule has 1 amide bonds. The summed E-state index contributed by atoms with van der Waals surface area (Å²) in [6.07, 6.45) is 6.27. The Balaban J connectivity index is 1.93. The van der Waals surface area contributed by atoms with Crippen LogP contribution < -0.4 is 10.1 Å². The van der Waals surface area contributed by atoms with Crippen molar-refractivity contribution in [1.82, 2.24) is 5.32 Å². The Morgan fingerprint density at radius 1 is 1.25 bits per heavy atom. The van der Waals surface area contributed by atoms with E-state index in [0.717, 1.165) is 29.5 Å². The predicted molar refractivity (Wildman–Crippen MR) is 84.5 cm³/mol. The van der Waals surface area contributed by atoms with Gasteiger partial charge in [-0.15, -0.1) is 0 Å². The van der Waals surface area contributed by atoms with Crippen LogP contribution in [0, 0.1) is 0 Å². The molecule has 0 aromatic heterocycles. The van der Waals surface area contributed by atoms with Crippen LogP contribution in [0.1, 0.15) is 37.7 Å². The standard InChI is InChI=1S/C16H22BrNO2/c1-20-14-7-5-13(6-8-14)11-15(19)18-16(12-17)9-3-2-4-10-16/h5-8H,2-4,9-12H2,1H3,(H,18,19). The second-order valence-corrected chi connectivity index (χ2v) is 6.11. The number of carbonyl (C=O) groups is 1. The first-order valence-corrected chi connectivity index (χ1v) is 8.29. The van der Waals surface area contributed by atoms with Gasteiger partial charge < -0.3 is 10.1 Å². The maximum Gasteiger partial charge on any atom is 0.224 e. The highest BCUT2D eigenvalue weighted by Crippen LogP contribution is 2.29. The van der Waals surface area contributed by atoms with Crippen molar-refractivity contribution < 1.29 is 9.53 Å². The number of methoxy groups -OCH3 is 1. The maximum absolute atomic E-state index is 12.2. The minimum Gasteiger partial charge on any atom is -0.497 e. The lowest BCUT2D eigenvalue weighted by molar-refractivity contribution is -0.122. The van der Waals surface area contributed by atoms with Crippen molar-refractivity contribution in [2.45, 2.75) is 44.1 Å². The molecule has 0 radical (unpaired) electrons. The van der Waals surface area contributed by atoms with E-state index in [9.17, 15) is 4.79 Å². The summed E-state index contributed by atoms with van der Waals surface area (Å²) in [5, 5.41) is 4.08. The van der Waals surface area contributed by atoms with Crippen LogP contribution in [0.25, 0.3) is 0 Å². The van der Waals surface area contributed by atoms with Crippen LogP contribution in [0.15, 0.2) is 24.3 Å². The third kappa shape index (κ3) is 3.98. The van der Waals surface area contributed by atoms with Crippen LogP contribution in [-0.2, 0) is 11.2 Å². The SMILES string of the molecule is COc1ccc(CC(=O)NC2(CBr)CCCCC2)cc1. The number of ether oxygens (including phenoxy) is 1. The highest BCUT2D eigenvalue weighted by molar-refractivity contribution is 9.09. The van der Waals surface area contributed by atoms with Gasteiger partial charge in [0.05, 0.1) is 13.5 Å². The van der Waals surface area contributed by atoms with Gasteiger partial charge in [-0.1, -0.05) is 47.3 Å². The molecule has 3 nitrogen and oxygen atoms in total. The summed E-state index contributed by atoms with van der Waals surface area (Å²) in [4.78, 5) is 12.2. The Kier molecular flexibility index (Phi) is 5.46. The summed E-state index contributed by atoms with van der Waals surface area (Å²) in [6.45, 7) is 0. The summed E-state index contributed by atoms with van der Waals surface area (Å²) in [5.41, 5.74) is 0.978. The van der Waals surface area contributed by atoms with Gasteiger partial charge in [0.1, 0.15) is 5.75 Å². The minimum absolute atomic E-state index is 0.0399. The molecule has 110 valence electrons. The van der Waals surface area contributed by atoms with Crippen LogP contribution in [-0.4, -0.2) is 23.9 Å². The van der Waals surface area contributed by atoms with Gasteiger partial charge in [0, 0.05) is 10.9 Å². The van der Waals surface area contributed by atoms with Gasteiger partial charge in [-0.25, -0.2) is 0 Å². The van der Waals surface area contributed by atoms with E-state index in [1.54, 1.807) is 7.11 Å². The Morgan fingerprint density at radius 2 is 1.90 bits per heavy atom. The van der Waals surface area contributed by atoms with Crippen molar-refractivity contribution in [2.75, 3.05) is 12.4 Å². The second-order valence-electron chi connectivity index (χ2n) is 5.55. The van der Waals surface area contributed by atoms with Crippen LogP contribution in [0.2, 0.25) is 0 Å². The fraction of sp³-hybridized carbons (Fsp3) is 0.562. The van der Waals surface area contributed by atoms with Crippen LogP contribution in [0.5, 0.6) is 5.75 Å². The molecule has 0 atom stereocenters. The number of hydrogen-bond acceptors (Lipinski definition) is 2. The molecule has 0 bridgehead atoms. The van der Waals surface area contributed by atoms with Crippen molar-refractivity contribution in [3.05, 3.63) is 29.8 Å². The topological polar surface area (TPSA) is 38.3 Å². The van der Waals surface area contributed by atoms with E-state index in [0.29, 0.717) is 6.42 Å². The first-order chi connectivity index (χ1) is 9.67. The number of rotatable bonds is 5. The number of hydrogen-bond donors (Lipinski definition) is 1. The first-order valence-electron chi connectivity index (χ1n) is 7.17. The first kappa shape index (κ1) is 15.4. The third-order valence-electron chi connectivity index (χ3n) is 3.99. The number of nitrogens with one attached hydrogen (secondary N) is 1. The molecule has 0 heterocycles. The van der Waals surface area contributed by atoms with Gasteiger partial charge >= 0.3 is 0 Å². The van der Waals surface area contributed by atoms with E-state index < -0.39 is 0 Å². The van der Waals surface area contributed by atoms with Crippen LogP contribution >= 0.6 is 15.9 Å². The van der Waals surface area contributed by atoms with Gasteiger partial charge in [-0.3, -0.25) is 4.79 Å². The summed E-state index contributed by atoms with van der Waals surface area (Å²) in [6, 6.07) is 7.67. The van der Waals surface area contributed by atoms with E-state index >= 15 is 0 Å². The molecule has 1 N–H and O–H groups in total. The van der Waals surface area contributed by atoms with Crippen molar-refractivity contribution in [3.8, 4) is 5.75 Å². The number of benzene rings is 1. The van der Waals surface area contributed by atoms with Gasteiger partial charge in [0.25, 0.3) is 0 Å². The third-order valence-corrected chi connectivity index (χ3v) is 5.07. The molecule has 0 saturated heterocycles. The second kappa shape index (κ2) is 7.11. The smallest absolute Gasteiger partial charge is 0.224 e. The van der Waals surface area contributed by atoms with Crippen LogP contribution in [0.3, 0.4) is 0 Å². The van der Waals surface area contributed by atoms with Gasteiger partial charge in [0.2, 0.25) is 5.91 Å². The molecule has 0 spiro atoms. The number of carbonyl (C=O) groups excluding carboxylic acids is 1. The average molecular weight is 340 g/mol. The molecule has 1 aliphatic carbocycles. The minimum atomic E-state index is -0.0399. The molecule has 0 aliphatic heterocycles. The van der Waals surface area contributed by atoms with E-state index in [1.165, 1.54) is 19.3 Å². The monoisotopic (exact) mass is 339 g/mol. The van der Waals surface area contributed by atoms with Gasteiger partial charge in [-0.05, 0) is 30.5 Å². The molecule has 2 rings (SSSR count). The van der Waals surface area contributed by atoms with Gasteiger partial charge in [0.15, 0.2) is 0 Å². The molecular weight excluding hydrogens is 318 g/mol. The summed E-state index contributed by atoms with van der Waals surface area (Å²) >= 11 is 3.57. The lowest BCUT2D eigenvalue weighted by Crippen LogP contribution is -2.51. The van der Waals surface area contributed by atoms with E-state index in [4.69, 9.17) is 4.74 Å². The van der Waals surface area contributed by atoms with Crippen molar-refractivity contribution in [1.29, 1.82) is 0 Å². The zero-order chi connectivity index (χ0) is 14.4. The molecular formula is C16H22BrNO2. The lowest BCUT2D eigenvalue weighted by Gasteiger charge is -2.36. The van der Waals surface area contributed by atoms with Gasteiger partial charge in [-0.2, -0.15) is 0 Å². The fourth-order valence-corrected chi connectivity index (χ4v) is 3.49. The highest BCUT2D eigenvalue weighted by Gasteiger charge is 2.32. The number of alkyl halides is 1. The predicted octanol–water partition coefficient (Wildman–Crippen LogP) is 3.45. The normalized spacial score (nSPS) is 17.5. The van der Waals surface area contributed by atoms with Crippen LogP contribution in [0.4, 0.5) is 0 Å². The Morgan fingerprint density at radius 3 is 2.45 bits per heavy atom. The van der Waals surface area contributed by atoms with Crippen molar-refractivity contribution in [2.24, 2.45) is 0 Å². The largest absolute Gasteiger partial charge is 0.497 e. The quantitative estimate of drug-likeness (QED) is 0.834. The number of amides is 1. The Hall–Kier alpha value is -1.03. The molecule has 4 heteroatoms. The van der Waals surface area contributed by atoms with E-state index in [2.05, 4.69) is 21.2 Å². The Bertz CT molecular complexity index is 438. The highest BCUT2D eigenvalue weighted by atomic mass is 79.9. The summed E-state index contributed by atoms with van der Waals surface area (Å²) in [5.74, 6) is 0.926. The lowest BCUT2D eigenvalue weighted by atomic mass is 9.83. The molecule has 20 heavy (non-hydrogen) atoms. The number of halogens is 1. The zero-order valence-electron chi connectivity index (χ0n) is 12.0. The Labute approximate surface area is 129 Å². The molecule has 0 unspecified atom stereocenters. The zero-order valence-corrected chi connectivity index (χ0v) is 13.5. The molecule has 1 fully saturated rings. The summed E-state index contributed by atoms with van der Waals surface area (Å²) < 4.78 is 5.12. The molecule has 1 saturated carbocycles. The van der Waals surface area contributed by atoms with E-state index in [1.807, 2.05) is 24.3 Å². The summed E-state index contributed by atoms with van der Waals surface area (Å²) in [7, 11) is 1.64. The molecule has 1 aliphatic rings. The molecule has 1 aromatic rings.